The predicted octanol–water partition coefficient (Wildman–Crippen LogP) is -0.535. The molecule has 0 radical (unpaired) electrons. The molecule has 2 aromatic rings. The van der Waals surface area contributed by atoms with Gasteiger partial charge in [0.05, 0.1) is 18.3 Å². The second-order valence-corrected chi connectivity index (χ2v) is 6.07. The lowest BCUT2D eigenvalue weighted by molar-refractivity contribution is -0.130. The molecule has 1 aliphatic heterocycles. The van der Waals surface area contributed by atoms with Crippen LogP contribution in [0.15, 0.2) is 6.07 Å². The van der Waals surface area contributed by atoms with Crippen molar-refractivity contribution in [3.63, 3.8) is 0 Å². The number of likely N-dealkylation sites (tertiary alicyclic amines) is 1. The third-order valence-corrected chi connectivity index (χ3v) is 4.24. The minimum Gasteiger partial charge on any atom is -0.391 e. The first kappa shape index (κ1) is 15.6. The fourth-order valence-corrected chi connectivity index (χ4v) is 2.92. The SMILES string of the molecule is Cc1cc(C[C@@H]2CN(C(=O)CCn3nnnc3C)C[C@H]2O)n[nH]1. The molecule has 0 aromatic carbocycles. The molecule has 0 bridgehead atoms. The van der Waals surface area contributed by atoms with Crippen LogP contribution in [0.5, 0.6) is 0 Å². The van der Waals surface area contributed by atoms with Gasteiger partial charge in [0.15, 0.2) is 0 Å². The normalized spacial score (nSPS) is 21.1. The first-order chi connectivity index (χ1) is 11.0. The second kappa shape index (κ2) is 6.45. The van der Waals surface area contributed by atoms with Gasteiger partial charge in [-0.1, -0.05) is 0 Å². The maximum atomic E-state index is 12.3. The second-order valence-electron chi connectivity index (χ2n) is 6.07. The van der Waals surface area contributed by atoms with Crippen LogP contribution in [0, 0.1) is 19.8 Å². The lowest BCUT2D eigenvalue weighted by Crippen LogP contribution is -2.30. The van der Waals surface area contributed by atoms with Crippen molar-refractivity contribution in [2.45, 2.75) is 39.3 Å². The van der Waals surface area contributed by atoms with Crippen molar-refractivity contribution in [3.05, 3.63) is 23.3 Å². The summed E-state index contributed by atoms with van der Waals surface area (Å²) >= 11 is 0. The van der Waals surface area contributed by atoms with E-state index in [2.05, 4.69) is 25.7 Å². The zero-order chi connectivity index (χ0) is 16.4. The number of carbonyl (C=O) groups is 1. The third-order valence-electron chi connectivity index (χ3n) is 4.24. The number of hydrogen-bond acceptors (Lipinski definition) is 6. The fraction of sp³-hybridized carbons (Fsp3) is 0.643. The molecule has 3 heterocycles. The number of aromatic nitrogens is 6. The van der Waals surface area contributed by atoms with E-state index in [4.69, 9.17) is 0 Å². The van der Waals surface area contributed by atoms with E-state index in [1.54, 1.807) is 16.5 Å². The van der Waals surface area contributed by atoms with Crippen molar-refractivity contribution < 1.29 is 9.90 Å². The van der Waals surface area contributed by atoms with E-state index in [0.29, 0.717) is 38.3 Å². The van der Waals surface area contributed by atoms with Gasteiger partial charge in [-0.3, -0.25) is 9.89 Å². The third kappa shape index (κ3) is 3.55. The summed E-state index contributed by atoms with van der Waals surface area (Å²) in [5.74, 6) is 0.724. The highest BCUT2D eigenvalue weighted by Crippen LogP contribution is 2.21. The number of nitrogens with zero attached hydrogens (tertiary/aromatic N) is 6. The molecule has 0 saturated carbocycles. The zero-order valence-electron chi connectivity index (χ0n) is 13.3. The molecule has 1 amide bonds. The van der Waals surface area contributed by atoms with Crippen LogP contribution in [-0.4, -0.2) is 65.5 Å². The summed E-state index contributed by atoms with van der Waals surface area (Å²) in [7, 11) is 0. The summed E-state index contributed by atoms with van der Waals surface area (Å²) in [5, 5.41) is 28.5. The number of β-amino-alcohol motifs (C(OH)–C–C–N with tert-alkyl or cyclic N) is 1. The van der Waals surface area contributed by atoms with E-state index in [1.807, 2.05) is 13.0 Å². The Kier molecular flexibility index (Phi) is 4.37. The number of H-pyrrole nitrogens is 1. The van der Waals surface area contributed by atoms with Crippen molar-refractivity contribution in [2.75, 3.05) is 13.1 Å². The summed E-state index contributed by atoms with van der Waals surface area (Å²) in [6.07, 6.45) is 0.486. The Hall–Kier alpha value is -2.29. The quantitative estimate of drug-likeness (QED) is 0.766. The van der Waals surface area contributed by atoms with Gasteiger partial charge in [0.25, 0.3) is 0 Å². The predicted molar refractivity (Wildman–Crippen MR) is 80.3 cm³/mol. The molecule has 0 unspecified atom stereocenters. The molecule has 23 heavy (non-hydrogen) atoms. The lowest BCUT2D eigenvalue weighted by atomic mass is 10.0. The molecule has 9 nitrogen and oxygen atoms in total. The van der Waals surface area contributed by atoms with Crippen molar-refractivity contribution in [1.82, 2.24) is 35.3 Å². The summed E-state index contributed by atoms with van der Waals surface area (Å²) in [4.78, 5) is 14.0. The van der Waals surface area contributed by atoms with E-state index in [9.17, 15) is 9.90 Å². The maximum Gasteiger partial charge on any atom is 0.224 e. The molecule has 3 rings (SSSR count). The molecule has 2 N–H and O–H groups in total. The number of amides is 1. The largest absolute Gasteiger partial charge is 0.391 e. The fourth-order valence-electron chi connectivity index (χ4n) is 2.92. The average Bonchev–Trinajstić information content (AvgIpc) is 3.20. The Morgan fingerprint density at radius 1 is 1.43 bits per heavy atom. The number of aryl methyl sites for hydroxylation is 3. The van der Waals surface area contributed by atoms with Gasteiger partial charge in [-0.15, -0.1) is 5.10 Å². The Bertz CT molecular complexity index is 680. The molecule has 124 valence electrons. The zero-order valence-corrected chi connectivity index (χ0v) is 13.3. The molecular weight excluding hydrogens is 298 g/mol. The molecule has 1 aliphatic rings. The van der Waals surface area contributed by atoms with Gasteiger partial charge in [-0.2, -0.15) is 5.10 Å². The minimum atomic E-state index is -0.509. The molecule has 2 atom stereocenters. The van der Waals surface area contributed by atoms with Gasteiger partial charge in [0.2, 0.25) is 5.91 Å². The highest BCUT2D eigenvalue weighted by atomic mass is 16.3. The molecule has 9 heteroatoms. The number of hydrogen-bond donors (Lipinski definition) is 2. The average molecular weight is 319 g/mol. The van der Waals surface area contributed by atoms with Gasteiger partial charge in [-0.05, 0) is 36.8 Å². The summed E-state index contributed by atoms with van der Waals surface area (Å²) < 4.78 is 1.61. The van der Waals surface area contributed by atoms with Crippen LogP contribution in [0.25, 0.3) is 0 Å². The molecule has 0 aliphatic carbocycles. The highest BCUT2D eigenvalue weighted by molar-refractivity contribution is 5.76. The number of aliphatic hydroxyl groups excluding tert-OH is 1. The molecule has 0 spiro atoms. The molecule has 2 aromatic heterocycles. The van der Waals surface area contributed by atoms with Crippen LogP contribution in [0.2, 0.25) is 0 Å². The van der Waals surface area contributed by atoms with Crippen molar-refractivity contribution in [2.24, 2.45) is 5.92 Å². The summed E-state index contributed by atoms with van der Waals surface area (Å²) in [6.45, 7) is 5.12. The Balaban J connectivity index is 1.53. The van der Waals surface area contributed by atoms with Gasteiger partial charge < -0.3 is 10.0 Å². The summed E-state index contributed by atoms with van der Waals surface area (Å²) in [6, 6.07) is 1.97. The first-order valence-electron chi connectivity index (χ1n) is 7.72. The topological polar surface area (TPSA) is 113 Å². The number of rotatable bonds is 5. The standard InChI is InChI=1S/C14H21N7O2/c1-9-5-12(17-15-9)6-11-7-20(8-13(11)22)14(23)3-4-21-10(2)16-18-19-21/h5,11,13,22H,3-4,6-8H2,1-2H3,(H,15,17)/t11-,13-/m1/s1. The first-order valence-corrected chi connectivity index (χ1v) is 7.72. The highest BCUT2D eigenvalue weighted by Gasteiger charge is 2.34. The Morgan fingerprint density at radius 2 is 2.26 bits per heavy atom. The van der Waals surface area contributed by atoms with Crippen LogP contribution in [0.3, 0.4) is 0 Å². The van der Waals surface area contributed by atoms with Gasteiger partial charge in [0, 0.05) is 31.1 Å². The van der Waals surface area contributed by atoms with Gasteiger partial charge in [-0.25, -0.2) is 4.68 Å². The van der Waals surface area contributed by atoms with Crippen LogP contribution < -0.4 is 0 Å². The number of aromatic amines is 1. The number of nitrogens with one attached hydrogen (secondary N) is 1. The molecule has 1 fully saturated rings. The Morgan fingerprint density at radius 3 is 2.91 bits per heavy atom. The van der Waals surface area contributed by atoms with Crippen molar-refractivity contribution in [3.8, 4) is 0 Å². The van der Waals surface area contributed by atoms with Crippen LogP contribution in [0.1, 0.15) is 23.6 Å². The number of aliphatic hydroxyl groups is 1. The van der Waals surface area contributed by atoms with E-state index < -0.39 is 6.10 Å². The number of tetrazole rings is 1. The van der Waals surface area contributed by atoms with E-state index in [1.165, 1.54) is 0 Å². The van der Waals surface area contributed by atoms with E-state index >= 15 is 0 Å². The Labute approximate surface area is 133 Å². The molecule has 1 saturated heterocycles. The van der Waals surface area contributed by atoms with Crippen molar-refractivity contribution >= 4 is 5.91 Å². The number of carbonyl (C=O) groups excluding carboxylic acids is 1. The lowest BCUT2D eigenvalue weighted by Gasteiger charge is -2.15. The van der Waals surface area contributed by atoms with Gasteiger partial charge in [0.1, 0.15) is 5.82 Å². The summed E-state index contributed by atoms with van der Waals surface area (Å²) in [5.41, 5.74) is 1.92. The van der Waals surface area contributed by atoms with Crippen LogP contribution >= 0.6 is 0 Å². The van der Waals surface area contributed by atoms with Crippen LogP contribution in [0.4, 0.5) is 0 Å². The van der Waals surface area contributed by atoms with Crippen molar-refractivity contribution in [1.29, 1.82) is 0 Å². The van der Waals surface area contributed by atoms with E-state index in [0.717, 1.165) is 11.4 Å². The minimum absolute atomic E-state index is 0.0136. The van der Waals surface area contributed by atoms with Gasteiger partial charge >= 0.3 is 0 Å². The monoisotopic (exact) mass is 319 g/mol. The van der Waals surface area contributed by atoms with Crippen LogP contribution in [-0.2, 0) is 17.8 Å². The maximum absolute atomic E-state index is 12.3. The van der Waals surface area contributed by atoms with E-state index in [-0.39, 0.29) is 11.8 Å². The molecular formula is C14H21N7O2. The smallest absolute Gasteiger partial charge is 0.224 e.